The molecule has 1 aromatic carbocycles. The fraction of sp³-hybridized carbons (Fsp3) is 0.273. The summed E-state index contributed by atoms with van der Waals surface area (Å²) in [6, 6.07) is 7.34. The number of benzene rings is 1. The first-order valence-corrected chi connectivity index (χ1v) is 5.29. The van der Waals surface area contributed by atoms with E-state index < -0.39 is 0 Å². The van der Waals surface area contributed by atoms with Gasteiger partial charge in [0.2, 0.25) is 0 Å². The predicted octanol–water partition coefficient (Wildman–Crippen LogP) is 1.94. The zero-order valence-corrected chi connectivity index (χ0v) is 9.16. The molecular formula is C11H11ClN2O. The number of halogens is 1. The Bertz CT molecular complexity index is 548. The number of hydrogen-bond donors (Lipinski definition) is 0. The Hall–Kier alpha value is -1.35. The van der Waals surface area contributed by atoms with Crippen molar-refractivity contribution in [3.63, 3.8) is 0 Å². The Labute approximate surface area is 92.3 Å². The Balaban J connectivity index is 2.78. The fourth-order valence-electron chi connectivity index (χ4n) is 1.63. The molecule has 4 heteroatoms. The minimum absolute atomic E-state index is 0.0150. The standard InChI is InChI=1S/C11H11ClN2O/c1-8-13-10-5-3-2-4-9(10)11(15)14(8)7-6-12/h2-5H,6-7H2,1H3. The summed E-state index contributed by atoms with van der Waals surface area (Å²) in [7, 11) is 0. The SMILES string of the molecule is Cc1nc2ccccc2c(=O)n1CCCl. The van der Waals surface area contributed by atoms with E-state index in [-0.39, 0.29) is 5.56 Å². The Morgan fingerprint density at radius 3 is 2.87 bits per heavy atom. The van der Waals surface area contributed by atoms with Gasteiger partial charge in [-0.3, -0.25) is 9.36 Å². The minimum atomic E-state index is -0.0150. The molecule has 0 saturated carbocycles. The average Bonchev–Trinajstić information content (AvgIpc) is 2.24. The van der Waals surface area contributed by atoms with Gasteiger partial charge in [-0.05, 0) is 19.1 Å². The van der Waals surface area contributed by atoms with Gasteiger partial charge in [0.05, 0.1) is 10.9 Å². The Morgan fingerprint density at radius 2 is 2.13 bits per heavy atom. The van der Waals surface area contributed by atoms with Gasteiger partial charge in [-0.2, -0.15) is 0 Å². The molecule has 0 atom stereocenters. The van der Waals surface area contributed by atoms with Crippen LogP contribution < -0.4 is 5.56 Å². The number of aromatic nitrogens is 2. The van der Waals surface area contributed by atoms with Crippen LogP contribution in [0.2, 0.25) is 0 Å². The first kappa shape index (κ1) is 10.2. The second-order valence-electron chi connectivity index (χ2n) is 3.32. The second kappa shape index (κ2) is 4.03. The molecule has 0 unspecified atom stereocenters. The lowest BCUT2D eigenvalue weighted by Crippen LogP contribution is -2.24. The van der Waals surface area contributed by atoms with Crippen molar-refractivity contribution in [1.29, 1.82) is 0 Å². The zero-order chi connectivity index (χ0) is 10.8. The summed E-state index contributed by atoms with van der Waals surface area (Å²) in [5, 5.41) is 0.646. The number of nitrogens with zero attached hydrogens (tertiary/aromatic N) is 2. The molecule has 0 saturated heterocycles. The van der Waals surface area contributed by atoms with Crippen molar-refractivity contribution in [1.82, 2.24) is 9.55 Å². The first-order valence-electron chi connectivity index (χ1n) is 4.76. The summed E-state index contributed by atoms with van der Waals surface area (Å²) in [5.41, 5.74) is 0.726. The lowest BCUT2D eigenvalue weighted by atomic mass is 10.2. The van der Waals surface area contributed by atoms with E-state index in [2.05, 4.69) is 4.98 Å². The third kappa shape index (κ3) is 1.75. The molecule has 1 heterocycles. The topological polar surface area (TPSA) is 34.9 Å². The smallest absolute Gasteiger partial charge is 0.261 e. The molecule has 2 rings (SSSR count). The highest BCUT2D eigenvalue weighted by Crippen LogP contribution is 2.07. The number of aryl methyl sites for hydroxylation is 1. The zero-order valence-electron chi connectivity index (χ0n) is 8.40. The van der Waals surface area contributed by atoms with Crippen molar-refractivity contribution in [3.05, 3.63) is 40.4 Å². The summed E-state index contributed by atoms with van der Waals surface area (Å²) < 4.78 is 1.61. The second-order valence-corrected chi connectivity index (χ2v) is 3.70. The van der Waals surface area contributed by atoms with Gasteiger partial charge >= 0.3 is 0 Å². The number of rotatable bonds is 2. The van der Waals surface area contributed by atoms with Gasteiger partial charge in [0.15, 0.2) is 0 Å². The number of alkyl halides is 1. The fourth-order valence-corrected chi connectivity index (χ4v) is 1.80. The van der Waals surface area contributed by atoms with Crippen LogP contribution in [0.15, 0.2) is 29.1 Å². The van der Waals surface area contributed by atoms with Crippen molar-refractivity contribution >= 4 is 22.5 Å². The van der Waals surface area contributed by atoms with Gasteiger partial charge in [0.25, 0.3) is 5.56 Å². The summed E-state index contributed by atoms with van der Waals surface area (Å²) in [6.07, 6.45) is 0. The maximum Gasteiger partial charge on any atom is 0.261 e. The molecule has 78 valence electrons. The van der Waals surface area contributed by atoms with E-state index in [1.807, 2.05) is 25.1 Å². The van der Waals surface area contributed by atoms with Gasteiger partial charge < -0.3 is 0 Å². The van der Waals surface area contributed by atoms with Crippen LogP contribution in [-0.4, -0.2) is 15.4 Å². The molecule has 15 heavy (non-hydrogen) atoms. The first-order chi connectivity index (χ1) is 7.24. The summed E-state index contributed by atoms with van der Waals surface area (Å²) in [5.74, 6) is 1.13. The van der Waals surface area contributed by atoms with Gasteiger partial charge in [0.1, 0.15) is 5.82 Å². The molecule has 0 aliphatic carbocycles. The van der Waals surface area contributed by atoms with Crippen LogP contribution in [0.25, 0.3) is 10.9 Å². The van der Waals surface area contributed by atoms with E-state index in [1.165, 1.54) is 0 Å². The van der Waals surface area contributed by atoms with E-state index in [9.17, 15) is 4.79 Å². The summed E-state index contributed by atoms with van der Waals surface area (Å²) >= 11 is 5.64. The molecule has 0 bridgehead atoms. The van der Waals surface area contributed by atoms with E-state index in [4.69, 9.17) is 11.6 Å². The lowest BCUT2D eigenvalue weighted by molar-refractivity contribution is 0.690. The molecule has 0 fully saturated rings. The van der Waals surface area contributed by atoms with E-state index >= 15 is 0 Å². The molecular weight excluding hydrogens is 212 g/mol. The average molecular weight is 223 g/mol. The molecule has 0 aliphatic rings. The van der Waals surface area contributed by atoms with Crippen LogP contribution >= 0.6 is 11.6 Å². The number of fused-ring (bicyclic) bond motifs is 1. The maximum absolute atomic E-state index is 12.0. The van der Waals surface area contributed by atoms with E-state index in [0.717, 1.165) is 5.52 Å². The van der Waals surface area contributed by atoms with Crippen molar-refractivity contribution in [2.24, 2.45) is 0 Å². The Morgan fingerprint density at radius 1 is 1.40 bits per heavy atom. The highest BCUT2D eigenvalue weighted by molar-refractivity contribution is 6.17. The number of para-hydroxylation sites is 1. The highest BCUT2D eigenvalue weighted by Gasteiger charge is 2.06. The van der Waals surface area contributed by atoms with Gasteiger partial charge in [0, 0.05) is 12.4 Å². The van der Waals surface area contributed by atoms with Crippen molar-refractivity contribution < 1.29 is 0 Å². The third-order valence-corrected chi connectivity index (χ3v) is 2.53. The predicted molar refractivity (Wildman–Crippen MR) is 61.5 cm³/mol. The molecule has 0 spiro atoms. The van der Waals surface area contributed by atoms with Gasteiger partial charge in [-0.15, -0.1) is 11.6 Å². The van der Waals surface area contributed by atoms with E-state index in [0.29, 0.717) is 23.6 Å². The largest absolute Gasteiger partial charge is 0.295 e. The maximum atomic E-state index is 12.0. The van der Waals surface area contributed by atoms with Crippen molar-refractivity contribution in [2.75, 3.05) is 5.88 Å². The molecule has 0 N–H and O–H groups in total. The molecule has 0 radical (unpaired) electrons. The van der Waals surface area contributed by atoms with Crippen molar-refractivity contribution in [2.45, 2.75) is 13.5 Å². The Kier molecular flexibility index (Phi) is 2.73. The van der Waals surface area contributed by atoms with Crippen LogP contribution in [0.5, 0.6) is 0 Å². The van der Waals surface area contributed by atoms with Crippen LogP contribution in [0.4, 0.5) is 0 Å². The normalized spacial score (nSPS) is 10.8. The molecule has 3 nitrogen and oxygen atoms in total. The van der Waals surface area contributed by atoms with Crippen LogP contribution in [0, 0.1) is 6.92 Å². The molecule has 2 aromatic rings. The summed E-state index contributed by atoms with van der Waals surface area (Å²) in [6.45, 7) is 2.32. The number of hydrogen-bond acceptors (Lipinski definition) is 2. The monoisotopic (exact) mass is 222 g/mol. The van der Waals surface area contributed by atoms with E-state index in [1.54, 1.807) is 10.6 Å². The molecule has 0 aliphatic heterocycles. The lowest BCUT2D eigenvalue weighted by Gasteiger charge is -2.08. The summed E-state index contributed by atoms with van der Waals surface area (Å²) in [4.78, 5) is 16.4. The third-order valence-electron chi connectivity index (χ3n) is 2.36. The van der Waals surface area contributed by atoms with Crippen LogP contribution in [-0.2, 0) is 6.54 Å². The minimum Gasteiger partial charge on any atom is -0.295 e. The molecule has 0 amide bonds. The van der Waals surface area contributed by atoms with Gasteiger partial charge in [-0.25, -0.2) is 4.98 Å². The highest BCUT2D eigenvalue weighted by atomic mass is 35.5. The molecule has 1 aromatic heterocycles. The van der Waals surface area contributed by atoms with Crippen molar-refractivity contribution in [3.8, 4) is 0 Å². The van der Waals surface area contributed by atoms with Gasteiger partial charge in [-0.1, -0.05) is 12.1 Å². The quantitative estimate of drug-likeness (QED) is 0.728. The van der Waals surface area contributed by atoms with Crippen LogP contribution in [0.1, 0.15) is 5.82 Å². The van der Waals surface area contributed by atoms with Crippen LogP contribution in [0.3, 0.4) is 0 Å².